The number of hydrogen-bond donors (Lipinski definition) is 3. The van der Waals surface area contributed by atoms with Crippen LogP contribution in [0.5, 0.6) is 0 Å². The Bertz CT molecular complexity index is 909. The number of H-pyrrole nitrogens is 1. The average Bonchev–Trinajstić information content (AvgIpc) is 2.95. The summed E-state index contributed by atoms with van der Waals surface area (Å²) < 4.78 is 13.6. The highest BCUT2D eigenvalue weighted by Crippen LogP contribution is 2.27. The quantitative estimate of drug-likeness (QED) is 0.665. The van der Waals surface area contributed by atoms with Gasteiger partial charge in [-0.15, -0.1) is 0 Å². The van der Waals surface area contributed by atoms with Gasteiger partial charge in [0.25, 0.3) is 5.91 Å². The maximum atomic E-state index is 13.6. The Morgan fingerprint density at radius 2 is 2.12 bits per heavy atom. The maximum absolute atomic E-state index is 13.6. The maximum Gasteiger partial charge on any atom is 0.271 e. The summed E-state index contributed by atoms with van der Waals surface area (Å²) in [6.07, 6.45) is 2.90. The van der Waals surface area contributed by atoms with E-state index >= 15 is 0 Å². The fourth-order valence-electron chi connectivity index (χ4n) is 2.27. The summed E-state index contributed by atoms with van der Waals surface area (Å²) >= 11 is 5.80. The standard InChI is InChI=1S/C17H17ClFN5O/c1-17(2,20)8-22-16(25)15-7-21-6-14(24-15)13-4-9-3-10(18)11(19)5-12(9)23-13/h3-7,23H,8,20H2,1-2H3,(H,22,25). The monoisotopic (exact) mass is 361 g/mol. The molecule has 0 atom stereocenters. The first-order valence-corrected chi connectivity index (χ1v) is 7.98. The van der Waals surface area contributed by atoms with Gasteiger partial charge < -0.3 is 16.0 Å². The Balaban J connectivity index is 1.90. The Morgan fingerprint density at radius 1 is 1.36 bits per heavy atom. The molecule has 3 aromatic rings. The molecule has 0 aliphatic rings. The third-order valence-electron chi connectivity index (χ3n) is 3.51. The van der Waals surface area contributed by atoms with Crippen molar-refractivity contribution in [2.75, 3.05) is 6.54 Å². The molecule has 0 bridgehead atoms. The lowest BCUT2D eigenvalue weighted by Gasteiger charge is -2.18. The van der Waals surface area contributed by atoms with E-state index in [2.05, 4.69) is 20.3 Å². The largest absolute Gasteiger partial charge is 0.353 e. The van der Waals surface area contributed by atoms with Crippen LogP contribution in [0.15, 0.2) is 30.6 Å². The molecule has 0 aliphatic heterocycles. The molecule has 0 saturated carbocycles. The smallest absolute Gasteiger partial charge is 0.271 e. The van der Waals surface area contributed by atoms with Crippen molar-refractivity contribution in [3.8, 4) is 11.4 Å². The highest BCUT2D eigenvalue weighted by Gasteiger charge is 2.16. The van der Waals surface area contributed by atoms with Gasteiger partial charge in [-0.1, -0.05) is 11.6 Å². The number of nitrogens with one attached hydrogen (secondary N) is 2. The minimum Gasteiger partial charge on any atom is -0.353 e. The Morgan fingerprint density at radius 3 is 2.84 bits per heavy atom. The van der Waals surface area contributed by atoms with Crippen LogP contribution in [0.25, 0.3) is 22.3 Å². The van der Waals surface area contributed by atoms with Crippen molar-refractivity contribution in [3.63, 3.8) is 0 Å². The molecular weight excluding hydrogens is 345 g/mol. The molecule has 2 heterocycles. The van der Waals surface area contributed by atoms with E-state index in [1.54, 1.807) is 6.07 Å². The lowest BCUT2D eigenvalue weighted by molar-refractivity contribution is 0.0940. The van der Waals surface area contributed by atoms with Crippen molar-refractivity contribution in [1.29, 1.82) is 0 Å². The third kappa shape index (κ3) is 3.94. The van der Waals surface area contributed by atoms with Crippen LogP contribution >= 0.6 is 11.6 Å². The molecule has 8 heteroatoms. The van der Waals surface area contributed by atoms with E-state index in [9.17, 15) is 9.18 Å². The van der Waals surface area contributed by atoms with E-state index in [0.717, 1.165) is 5.39 Å². The molecule has 3 rings (SSSR count). The van der Waals surface area contributed by atoms with E-state index < -0.39 is 11.4 Å². The fraction of sp³-hybridized carbons (Fsp3) is 0.235. The topological polar surface area (TPSA) is 96.7 Å². The Labute approximate surface area is 148 Å². The Hall–Kier alpha value is -2.51. The number of nitrogens with two attached hydrogens (primary N) is 1. The zero-order valence-corrected chi connectivity index (χ0v) is 14.5. The van der Waals surface area contributed by atoms with Gasteiger partial charge in [-0.25, -0.2) is 9.37 Å². The van der Waals surface area contributed by atoms with E-state index in [0.29, 0.717) is 23.4 Å². The first-order chi connectivity index (χ1) is 11.7. The van der Waals surface area contributed by atoms with Crippen LogP contribution in [0.4, 0.5) is 4.39 Å². The lowest BCUT2D eigenvalue weighted by Crippen LogP contribution is -2.45. The summed E-state index contributed by atoms with van der Waals surface area (Å²) in [5, 5.41) is 3.50. The number of rotatable bonds is 4. The van der Waals surface area contributed by atoms with Gasteiger partial charge in [0, 0.05) is 23.0 Å². The van der Waals surface area contributed by atoms with Crippen molar-refractivity contribution < 1.29 is 9.18 Å². The summed E-state index contributed by atoms with van der Waals surface area (Å²) in [7, 11) is 0. The highest BCUT2D eigenvalue weighted by molar-refractivity contribution is 6.31. The van der Waals surface area contributed by atoms with Gasteiger partial charge in [0.2, 0.25) is 0 Å². The molecule has 0 aliphatic carbocycles. The van der Waals surface area contributed by atoms with E-state index in [-0.39, 0.29) is 16.6 Å². The molecule has 4 N–H and O–H groups in total. The lowest BCUT2D eigenvalue weighted by atomic mass is 10.1. The molecule has 2 aromatic heterocycles. The number of hydrogen-bond acceptors (Lipinski definition) is 4. The molecule has 1 aromatic carbocycles. The van der Waals surface area contributed by atoms with Crippen LogP contribution in [-0.4, -0.2) is 32.9 Å². The summed E-state index contributed by atoms with van der Waals surface area (Å²) in [4.78, 5) is 23.6. The van der Waals surface area contributed by atoms with Crippen LogP contribution in [0.2, 0.25) is 5.02 Å². The number of benzene rings is 1. The SMILES string of the molecule is CC(C)(N)CNC(=O)c1cncc(-c2cc3cc(Cl)c(F)cc3[nH]2)n1. The normalized spacial score (nSPS) is 11.7. The molecule has 0 spiro atoms. The number of halogens is 2. The summed E-state index contributed by atoms with van der Waals surface area (Å²) in [5.41, 5.74) is 7.15. The molecule has 25 heavy (non-hydrogen) atoms. The number of carbonyl (C=O) groups is 1. The zero-order chi connectivity index (χ0) is 18.2. The second-order valence-electron chi connectivity index (χ2n) is 6.50. The molecule has 0 fully saturated rings. The van der Waals surface area contributed by atoms with Crippen LogP contribution in [-0.2, 0) is 0 Å². The van der Waals surface area contributed by atoms with Crippen LogP contribution in [0, 0.1) is 5.82 Å². The first-order valence-electron chi connectivity index (χ1n) is 7.60. The zero-order valence-electron chi connectivity index (χ0n) is 13.7. The van der Waals surface area contributed by atoms with Gasteiger partial charge in [0.15, 0.2) is 0 Å². The number of aromatic amines is 1. The van der Waals surface area contributed by atoms with Gasteiger partial charge in [0.05, 0.1) is 23.1 Å². The second-order valence-corrected chi connectivity index (χ2v) is 6.90. The molecule has 6 nitrogen and oxygen atoms in total. The average molecular weight is 362 g/mol. The first kappa shape index (κ1) is 17.3. The van der Waals surface area contributed by atoms with Gasteiger partial charge in [0.1, 0.15) is 17.2 Å². The minimum atomic E-state index is -0.527. The van der Waals surface area contributed by atoms with E-state index in [1.807, 2.05) is 13.8 Å². The second kappa shape index (κ2) is 6.42. The molecular formula is C17H17ClFN5O. The summed E-state index contributed by atoms with van der Waals surface area (Å²) in [6, 6.07) is 4.61. The fourth-order valence-corrected chi connectivity index (χ4v) is 2.44. The van der Waals surface area contributed by atoms with Gasteiger partial charge in [-0.2, -0.15) is 0 Å². The van der Waals surface area contributed by atoms with E-state index in [4.69, 9.17) is 17.3 Å². The van der Waals surface area contributed by atoms with Crippen molar-refractivity contribution in [2.24, 2.45) is 5.73 Å². The van der Waals surface area contributed by atoms with Crippen LogP contribution < -0.4 is 11.1 Å². The summed E-state index contributed by atoms with van der Waals surface area (Å²) in [5.74, 6) is -0.871. The van der Waals surface area contributed by atoms with Crippen molar-refractivity contribution in [2.45, 2.75) is 19.4 Å². The number of fused-ring (bicyclic) bond motifs is 1. The predicted molar refractivity (Wildman–Crippen MR) is 94.9 cm³/mol. The van der Waals surface area contributed by atoms with Crippen molar-refractivity contribution in [3.05, 3.63) is 47.1 Å². The van der Waals surface area contributed by atoms with Crippen molar-refractivity contribution in [1.82, 2.24) is 20.3 Å². The number of aromatic nitrogens is 3. The van der Waals surface area contributed by atoms with E-state index in [1.165, 1.54) is 24.5 Å². The number of carbonyl (C=O) groups excluding carboxylic acids is 1. The summed E-state index contributed by atoms with van der Waals surface area (Å²) in [6.45, 7) is 3.93. The van der Waals surface area contributed by atoms with Crippen LogP contribution in [0.1, 0.15) is 24.3 Å². The molecule has 0 radical (unpaired) electrons. The molecule has 0 saturated heterocycles. The highest BCUT2D eigenvalue weighted by atomic mass is 35.5. The number of nitrogens with zero attached hydrogens (tertiary/aromatic N) is 2. The van der Waals surface area contributed by atoms with Crippen molar-refractivity contribution >= 4 is 28.4 Å². The van der Waals surface area contributed by atoms with Gasteiger partial charge in [-0.05, 0) is 32.0 Å². The number of amides is 1. The third-order valence-corrected chi connectivity index (χ3v) is 3.80. The van der Waals surface area contributed by atoms with Gasteiger partial charge >= 0.3 is 0 Å². The molecule has 0 unspecified atom stereocenters. The van der Waals surface area contributed by atoms with Crippen LogP contribution in [0.3, 0.4) is 0 Å². The Kier molecular flexibility index (Phi) is 4.45. The molecule has 130 valence electrons. The molecule has 1 amide bonds. The minimum absolute atomic E-state index is 0.0432. The predicted octanol–water partition coefficient (Wildman–Crippen LogP) is 2.88. The van der Waals surface area contributed by atoms with Gasteiger partial charge in [-0.3, -0.25) is 9.78 Å².